The van der Waals surface area contributed by atoms with Gasteiger partial charge in [-0.2, -0.15) is 0 Å². The van der Waals surface area contributed by atoms with E-state index >= 15 is 0 Å². The molecular formula is C20H15ClN2OS. The van der Waals surface area contributed by atoms with E-state index in [1.165, 1.54) is 11.3 Å². The molecule has 0 amide bonds. The molecule has 0 fully saturated rings. The van der Waals surface area contributed by atoms with Crippen molar-refractivity contribution in [1.29, 1.82) is 0 Å². The highest BCUT2D eigenvalue weighted by Crippen LogP contribution is 2.37. The molecule has 0 aliphatic carbocycles. The number of aromatic nitrogens is 2. The number of aryl methyl sites for hydroxylation is 2. The van der Waals surface area contributed by atoms with Gasteiger partial charge in [-0.3, -0.25) is 4.79 Å². The van der Waals surface area contributed by atoms with Gasteiger partial charge in [0, 0.05) is 34.1 Å². The van der Waals surface area contributed by atoms with Crippen LogP contribution in [-0.2, 0) is 0 Å². The first-order chi connectivity index (χ1) is 12.0. The standard InChI is InChI=1S/C20H15ClN2OS/c1-12-11-13(2)22-20-16(12)17(23-9-3-4-10-23)19(25-20)18(24)14-5-7-15(21)8-6-14/h3-11H,1-2H3. The number of halogens is 1. The van der Waals surface area contributed by atoms with Crippen LogP contribution in [0.15, 0.2) is 54.9 Å². The van der Waals surface area contributed by atoms with Crippen LogP contribution in [0.4, 0.5) is 0 Å². The Morgan fingerprint density at radius 1 is 1.12 bits per heavy atom. The average molecular weight is 367 g/mol. The van der Waals surface area contributed by atoms with Crippen LogP contribution in [0, 0.1) is 13.8 Å². The first-order valence-corrected chi connectivity index (χ1v) is 9.08. The fourth-order valence-electron chi connectivity index (χ4n) is 3.04. The summed E-state index contributed by atoms with van der Waals surface area (Å²) in [6, 6.07) is 13.0. The van der Waals surface area contributed by atoms with Crippen molar-refractivity contribution in [3.8, 4) is 5.69 Å². The minimum atomic E-state index is -0.0135. The summed E-state index contributed by atoms with van der Waals surface area (Å²) in [4.78, 5) is 19.4. The third-order valence-electron chi connectivity index (χ3n) is 4.14. The Kier molecular flexibility index (Phi) is 3.94. The van der Waals surface area contributed by atoms with Crippen LogP contribution >= 0.6 is 22.9 Å². The Morgan fingerprint density at radius 3 is 2.48 bits per heavy atom. The van der Waals surface area contributed by atoms with Crippen molar-refractivity contribution in [2.75, 3.05) is 0 Å². The van der Waals surface area contributed by atoms with E-state index < -0.39 is 0 Å². The van der Waals surface area contributed by atoms with Crippen LogP contribution in [0.2, 0.25) is 5.02 Å². The van der Waals surface area contributed by atoms with E-state index in [1.54, 1.807) is 24.3 Å². The molecule has 0 aliphatic heterocycles. The number of hydrogen-bond acceptors (Lipinski definition) is 3. The topological polar surface area (TPSA) is 34.9 Å². The van der Waals surface area contributed by atoms with E-state index in [2.05, 4.69) is 18.0 Å². The van der Waals surface area contributed by atoms with Crippen molar-refractivity contribution < 1.29 is 4.79 Å². The van der Waals surface area contributed by atoms with Crippen molar-refractivity contribution in [2.45, 2.75) is 13.8 Å². The molecule has 0 saturated carbocycles. The maximum atomic E-state index is 13.2. The Bertz CT molecular complexity index is 1080. The summed E-state index contributed by atoms with van der Waals surface area (Å²) < 4.78 is 1.99. The van der Waals surface area contributed by atoms with Crippen LogP contribution in [0.25, 0.3) is 15.9 Å². The number of benzene rings is 1. The summed E-state index contributed by atoms with van der Waals surface area (Å²) >= 11 is 7.40. The van der Waals surface area contributed by atoms with Gasteiger partial charge in [-0.1, -0.05) is 11.6 Å². The third-order valence-corrected chi connectivity index (χ3v) is 5.46. The van der Waals surface area contributed by atoms with E-state index in [0.29, 0.717) is 15.5 Å². The van der Waals surface area contributed by atoms with Crippen LogP contribution in [0.3, 0.4) is 0 Å². The van der Waals surface area contributed by atoms with Crippen LogP contribution in [0.1, 0.15) is 26.5 Å². The average Bonchev–Trinajstić information content (AvgIpc) is 3.21. The second kappa shape index (κ2) is 6.14. The SMILES string of the molecule is Cc1cc(C)c2c(-n3cccc3)c(C(=O)c3ccc(Cl)cc3)sc2n1. The fraction of sp³-hybridized carbons (Fsp3) is 0.100. The molecule has 124 valence electrons. The zero-order valence-corrected chi connectivity index (χ0v) is 15.4. The summed E-state index contributed by atoms with van der Waals surface area (Å²) in [5, 5.41) is 1.65. The predicted octanol–water partition coefficient (Wildman–Crippen LogP) is 5.59. The number of pyridine rings is 1. The van der Waals surface area contributed by atoms with Crippen LogP contribution in [-0.4, -0.2) is 15.3 Å². The second-order valence-corrected chi connectivity index (χ2v) is 7.40. The monoisotopic (exact) mass is 366 g/mol. The maximum Gasteiger partial charge on any atom is 0.205 e. The van der Waals surface area contributed by atoms with Gasteiger partial charge < -0.3 is 4.57 Å². The molecule has 0 spiro atoms. The van der Waals surface area contributed by atoms with Crippen LogP contribution < -0.4 is 0 Å². The first-order valence-electron chi connectivity index (χ1n) is 7.89. The molecular weight excluding hydrogens is 352 g/mol. The van der Waals surface area contributed by atoms with Gasteiger partial charge in [0.1, 0.15) is 9.71 Å². The number of carbonyl (C=O) groups is 1. The lowest BCUT2D eigenvalue weighted by Gasteiger charge is -2.07. The molecule has 0 atom stereocenters. The highest BCUT2D eigenvalue weighted by atomic mass is 35.5. The van der Waals surface area contributed by atoms with Crippen molar-refractivity contribution in [3.63, 3.8) is 0 Å². The van der Waals surface area contributed by atoms with E-state index in [1.807, 2.05) is 36.0 Å². The lowest BCUT2D eigenvalue weighted by Crippen LogP contribution is -2.03. The van der Waals surface area contributed by atoms with E-state index in [4.69, 9.17) is 11.6 Å². The molecule has 0 aliphatic rings. The summed E-state index contributed by atoms with van der Waals surface area (Å²) in [6.45, 7) is 4.04. The van der Waals surface area contributed by atoms with Gasteiger partial charge in [0.25, 0.3) is 0 Å². The Hall–Kier alpha value is -2.43. The smallest absolute Gasteiger partial charge is 0.205 e. The van der Waals surface area contributed by atoms with Crippen molar-refractivity contribution in [3.05, 3.63) is 81.6 Å². The molecule has 0 N–H and O–H groups in total. The van der Waals surface area contributed by atoms with Gasteiger partial charge in [-0.15, -0.1) is 11.3 Å². The molecule has 3 nitrogen and oxygen atoms in total. The van der Waals surface area contributed by atoms with Gasteiger partial charge in [0.05, 0.1) is 5.69 Å². The molecule has 25 heavy (non-hydrogen) atoms. The number of fused-ring (bicyclic) bond motifs is 1. The summed E-state index contributed by atoms with van der Waals surface area (Å²) in [5.74, 6) is -0.0135. The summed E-state index contributed by atoms with van der Waals surface area (Å²) in [7, 11) is 0. The van der Waals surface area contributed by atoms with Crippen molar-refractivity contribution in [1.82, 2.24) is 9.55 Å². The molecule has 0 radical (unpaired) electrons. The molecule has 0 unspecified atom stereocenters. The molecule has 4 rings (SSSR count). The van der Waals surface area contributed by atoms with E-state index in [0.717, 1.165) is 27.2 Å². The maximum absolute atomic E-state index is 13.2. The number of hydrogen-bond donors (Lipinski definition) is 0. The van der Waals surface area contributed by atoms with E-state index in [-0.39, 0.29) is 5.78 Å². The Morgan fingerprint density at radius 2 is 1.80 bits per heavy atom. The molecule has 5 heteroatoms. The minimum Gasteiger partial charge on any atom is -0.322 e. The lowest BCUT2D eigenvalue weighted by atomic mass is 10.1. The molecule has 3 aromatic heterocycles. The van der Waals surface area contributed by atoms with Gasteiger partial charge in [-0.25, -0.2) is 4.98 Å². The number of rotatable bonds is 3. The molecule has 0 saturated heterocycles. The lowest BCUT2D eigenvalue weighted by molar-refractivity contribution is 0.104. The molecule has 1 aromatic carbocycles. The van der Waals surface area contributed by atoms with Gasteiger partial charge in [0.15, 0.2) is 0 Å². The number of ketones is 1. The minimum absolute atomic E-state index is 0.0135. The van der Waals surface area contributed by atoms with E-state index in [9.17, 15) is 4.79 Å². The Labute approximate surface area is 154 Å². The first kappa shape index (κ1) is 16.1. The zero-order valence-electron chi connectivity index (χ0n) is 13.8. The highest BCUT2D eigenvalue weighted by Gasteiger charge is 2.23. The largest absolute Gasteiger partial charge is 0.322 e. The Balaban J connectivity index is 2.00. The molecule has 0 bridgehead atoms. The predicted molar refractivity (Wildman–Crippen MR) is 103 cm³/mol. The number of thiophene rings is 1. The summed E-state index contributed by atoms with van der Waals surface area (Å²) in [5.41, 5.74) is 3.60. The van der Waals surface area contributed by atoms with Crippen molar-refractivity contribution in [2.24, 2.45) is 0 Å². The number of carbonyl (C=O) groups excluding carboxylic acids is 1. The molecule has 4 aromatic rings. The quantitative estimate of drug-likeness (QED) is 0.443. The van der Waals surface area contributed by atoms with Gasteiger partial charge in [0.2, 0.25) is 5.78 Å². The zero-order chi connectivity index (χ0) is 17.6. The number of nitrogens with zero attached hydrogens (tertiary/aromatic N) is 2. The fourth-order valence-corrected chi connectivity index (χ4v) is 4.42. The van der Waals surface area contributed by atoms with Gasteiger partial charge in [-0.05, 0) is 61.9 Å². The van der Waals surface area contributed by atoms with Crippen LogP contribution in [0.5, 0.6) is 0 Å². The normalized spacial score (nSPS) is 11.2. The second-order valence-electron chi connectivity index (χ2n) is 5.97. The van der Waals surface area contributed by atoms with Gasteiger partial charge >= 0.3 is 0 Å². The molecule has 3 heterocycles. The van der Waals surface area contributed by atoms with Crippen molar-refractivity contribution >= 4 is 38.9 Å². The summed E-state index contributed by atoms with van der Waals surface area (Å²) in [6.07, 6.45) is 3.92. The highest BCUT2D eigenvalue weighted by molar-refractivity contribution is 7.21. The third kappa shape index (κ3) is 2.77.